The van der Waals surface area contributed by atoms with E-state index in [2.05, 4.69) is 5.32 Å². The Balaban J connectivity index is 2.49. The van der Waals surface area contributed by atoms with Gasteiger partial charge in [0.15, 0.2) is 0 Å². The van der Waals surface area contributed by atoms with Crippen LogP contribution < -0.4 is 14.8 Å². The van der Waals surface area contributed by atoms with Crippen molar-refractivity contribution in [2.24, 2.45) is 0 Å². The Bertz CT molecular complexity index is 927. The van der Waals surface area contributed by atoms with Crippen molar-refractivity contribution < 1.29 is 31.1 Å². The molecule has 0 atom stereocenters. The maximum absolute atomic E-state index is 13.3. The number of sulfonamides is 1. The minimum atomic E-state index is -4.84. The van der Waals surface area contributed by atoms with E-state index in [9.17, 15) is 26.4 Å². The Morgan fingerprint density at radius 3 is 2.35 bits per heavy atom. The summed E-state index contributed by atoms with van der Waals surface area (Å²) < 4.78 is 71.8. The van der Waals surface area contributed by atoms with Crippen LogP contribution in [0.2, 0.25) is 0 Å². The van der Waals surface area contributed by atoms with Crippen LogP contribution in [0.5, 0.6) is 5.75 Å². The first kappa shape index (κ1) is 19.6. The van der Waals surface area contributed by atoms with Crippen LogP contribution in [0.4, 0.5) is 24.5 Å². The molecule has 10 heteroatoms. The van der Waals surface area contributed by atoms with Gasteiger partial charge in [-0.3, -0.25) is 9.52 Å². The summed E-state index contributed by atoms with van der Waals surface area (Å²) in [5, 5.41) is 2.22. The third-order valence-corrected chi connectivity index (χ3v) is 4.65. The monoisotopic (exact) mass is 388 g/mol. The number of carbonyl (C=O) groups excluding carboxylic acids is 1. The van der Waals surface area contributed by atoms with Crippen molar-refractivity contribution >= 4 is 27.3 Å². The third kappa shape index (κ3) is 4.45. The lowest BCUT2D eigenvalue weighted by atomic mass is 10.1. The average Bonchev–Trinajstić information content (AvgIpc) is 2.54. The van der Waals surface area contributed by atoms with E-state index in [1.807, 2.05) is 4.72 Å². The second-order valence-electron chi connectivity index (χ2n) is 5.20. The average molecular weight is 388 g/mol. The van der Waals surface area contributed by atoms with E-state index in [1.54, 1.807) is 0 Å². The van der Waals surface area contributed by atoms with E-state index in [-0.39, 0.29) is 16.3 Å². The van der Waals surface area contributed by atoms with Gasteiger partial charge in [0.25, 0.3) is 10.0 Å². The van der Waals surface area contributed by atoms with Gasteiger partial charge in [-0.05, 0) is 30.3 Å². The zero-order chi connectivity index (χ0) is 19.5. The number of amides is 1. The highest BCUT2D eigenvalue weighted by molar-refractivity contribution is 7.92. The molecule has 2 aromatic carbocycles. The van der Waals surface area contributed by atoms with Gasteiger partial charge in [-0.1, -0.05) is 12.1 Å². The van der Waals surface area contributed by atoms with Crippen LogP contribution >= 0.6 is 0 Å². The number of halogens is 3. The van der Waals surface area contributed by atoms with Crippen molar-refractivity contribution in [3.8, 4) is 5.75 Å². The topological polar surface area (TPSA) is 84.5 Å². The lowest BCUT2D eigenvalue weighted by Gasteiger charge is -2.17. The van der Waals surface area contributed by atoms with Crippen LogP contribution in [0, 0.1) is 0 Å². The number of methoxy groups -OCH3 is 1. The standard InChI is InChI=1S/C16H15F3N2O4S/c1-10(22)20-11-7-8-13(12(9-11)16(17,18)19)21-26(23,24)15-6-4-3-5-14(15)25-2/h3-9,21H,1-2H3,(H,20,22). The SMILES string of the molecule is COc1ccccc1S(=O)(=O)Nc1ccc(NC(C)=O)cc1C(F)(F)F. The highest BCUT2D eigenvalue weighted by Gasteiger charge is 2.35. The summed E-state index contributed by atoms with van der Waals surface area (Å²) in [5.74, 6) is -0.566. The predicted molar refractivity (Wildman–Crippen MR) is 89.6 cm³/mol. The summed E-state index contributed by atoms with van der Waals surface area (Å²) in [5.41, 5.74) is -2.01. The summed E-state index contributed by atoms with van der Waals surface area (Å²) in [6, 6.07) is 8.28. The lowest BCUT2D eigenvalue weighted by molar-refractivity contribution is -0.136. The molecule has 0 radical (unpaired) electrons. The fourth-order valence-electron chi connectivity index (χ4n) is 2.19. The molecule has 0 unspecified atom stereocenters. The van der Waals surface area contributed by atoms with Gasteiger partial charge in [0, 0.05) is 12.6 Å². The molecule has 0 saturated carbocycles. The van der Waals surface area contributed by atoms with Crippen LogP contribution in [-0.4, -0.2) is 21.4 Å². The molecule has 1 amide bonds. The smallest absolute Gasteiger partial charge is 0.418 e. The first-order chi connectivity index (χ1) is 12.0. The molecule has 2 aromatic rings. The maximum atomic E-state index is 13.3. The molecule has 140 valence electrons. The quantitative estimate of drug-likeness (QED) is 0.821. The first-order valence-corrected chi connectivity index (χ1v) is 8.67. The summed E-state index contributed by atoms with van der Waals surface area (Å²) in [7, 11) is -3.09. The third-order valence-electron chi connectivity index (χ3n) is 3.25. The molecule has 0 aromatic heterocycles. The molecular formula is C16H15F3N2O4S. The summed E-state index contributed by atoms with van der Waals surface area (Å²) >= 11 is 0. The number of hydrogen-bond acceptors (Lipinski definition) is 4. The van der Waals surface area contributed by atoms with Crippen LogP contribution in [-0.2, 0) is 21.0 Å². The van der Waals surface area contributed by atoms with Gasteiger partial charge in [0.2, 0.25) is 5.91 Å². The number of carbonyl (C=O) groups is 1. The van der Waals surface area contributed by atoms with Crippen LogP contribution in [0.1, 0.15) is 12.5 Å². The van der Waals surface area contributed by atoms with Gasteiger partial charge >= 0.3 is 6.18 Å². The number of hydrogen-bond donors (Lipinski definition) is 2. The number of para-hydroxylation sites is 1. The molecule has 0 saturated heterocycles. The number of nitrogens with one attached hydrogen (secondary N) is 2. The van der Waals surface area contributed by atoms with Crippen LogP contribution in [0.3, 0.4) is 0 Å². The Morgan fingerprint density at radius 2 is 1.77 bits per heavy atom. The number of rotatable bonds is 5. The molecule has 0 heterocycles. The fraction of sp³-hybridized carbons (Fsp3) is 0.188. The molecule has 0 bridgehead atoms. The van der Waals surface area contributed by atoms with E-state index >= 15 is 0 Å². The second-order valence-corrected chi connectivity index (χ2v) is 6.85. The highest BCUT2D eigenvalue weighted by Crippen LogP contribution is 2.38. The van der Waals surface area contributed by atoms with E-state index in [4.69, 9.17) is 4.74 Å². The normalized spacial score (nSPS) is 11.7. The van der Waals surface area contributed by atoms with Gasteiger partial charge in [-0.25, -0.2) is 8.42 Å². The number of alkyl halides is 3. The Kier molecular flexibility index (Phi) is 5.45. The van der Waals surface area contributed by atoms with Crippen molar-refractivity contribution in [2.45, 2.75) is 18.0 Å². The minimum absolute atomic E-state index is 0.0107. The number of anilines is 2. The Hall–Kier alpha value is -2.75. The van der Waals surface area contributed by atoms with Crippen molar-refractivity contribution in [1.82, 2.24) is 0 Å². The van der Waals surface area contributed by atoms with Gasteiger partial charge < -0.3 is 10.1 Å². The predicted octanol–water partition coefficient (Wildman–Crippen LogP) is 3.47. The number of ether oxygens (including phenoxy) is 1. The van der Waals surface area contributed by atoms with Crippen molar-refractivity contribution in [2.75, 3.05) is 17.1 Å². The Morgan fingerprint density at radius 1 is 1.12 bits per heavy atom. The van der Waals surface area contributed by atoms with E-state index < -0.39 is 33.4 Å². The fourth-order valence-corrected chi connectivity index (χ4v) is 3.44. The summed E-state index contributed by atoms with van der Waals surface area (Å²) in [6.07, 6.45) is -4.84. The van der Waals surface area contributed by atoms with Crippen molar-refractivity contribution in [1.29, 1.82) is 0 Å². The van der Waals surface area contributed by atoms with Crippen molar-refractivity contribution in [3.05, 3.63) is 48.0 Å². The van der Waals surface area contributed by atoms with Gasteiger partial charge in [0.05, 0.1) is 18.4 Å². The molecular weight excluding hydrogens is 373 g/mol. The van der Waals surface area contributed by atoms with E-state index in [0.29, 0.717) is 6.07 Å². The van der Waals surface area contributed by atoms with E-state index in [0.717, 1.165) is 19.1 Å². The number of benzene rings is 2. The molecule has 0 aliphatic heterocycles. The van der Waals surface area contributed by atoms with E-state index in [1.165, 1.54) is 31.4 Å². The zero-order valence-electron chi connectivity index (χ0n) is 13.7. The zero-order valence-corrected chi connectivity index (χ0v) is 14.5. The highest BCUT2D eigenvalue weighted by atomic mass is 32.2. The largest absolute Gasteiger partial charge is 0.495 e. The molecule has 26 heavy (non-hydrogen) atoms. The minimum Gasteiger partial charge on any atom is -0.495 e. The summed E-state index contributed by atoms with van der Waals surface area (Å²) in [4.78, 5) is 10.7. The lowest BCUT2D eigenvalue weighted by Crippen LogP contribution is -2.18. The van der Waals surface area contributed by atoms with Gasteiger partial charge in [-0.15, -0.1) is 0 Å². The first-order valence-electron chi connectivity index (χ1n) is 7.19. The molecule has 0 aliphatic carbocycles. The maximum Gasteiger partial charge on any atom is 0.418 e. The molecule has 0 spiro atoms. The van der Waals surface area contributed by atoms with Crippen LogP contribution in [0.25, 0.3) is 0 Å². The molecule has 0 aliphatic rings. The molecule has 2 rings (SSSR count). The second kappa shape index (κ2) is 7.24. The molecule has 2 N–H and O–H groups in total. The molecule has 6 nitrogen and oxygen atoms in total. The van der Waals surface area contributed by atoms with Gasteiger partial charge in [0.1, 0.15) is 10.6 Å². The summed E-state index contributed by atoms with van der Waals surface area (Å²) in [6.45, 7) is 1.14. The van der Waals surface area contributed by atoms with Crippen molar-refractivity contribution in [3.63, 3.8) is 0 Å². The van der Waals surface area contributed by atoms with Crippen LogP contribution in [0.15, 0.2) is 47.4 Å². The Labute approximate surface area is 148 Å². The molecule has 0 fully saturated rings. The van der Waals surface area contributed by atoms with Gasteiger partial charge in [-0.2, -0.15) is 13.2 Å².